The van der Waals surface area contributed by atoms with Crippen LogP contribution in [0.1, 0.15) is 19.1 Å². The van der Waals surface area contributed by atoms with Gasteiger partial charge in [-0.2, -0.15) is 4.98 Å². The third-order valence-electron chi connectivity index (χ3n) is 3.87. The van der Waals surface area contributed by atoms with E-state index in [4.69, 9.17) is 41.1 Å². The molecule has 0 radical (unpaired) electrons. The van der Waals surface area contributed by atoms with Crippen LogP contribution in [0.2, 0.25) is 0 Å². The van der Waals surface area contributed by atoms with E-state index in [0.717, 1.165) is 6.42 Å². The summed E-state index contributed by atoms with van der Waals surface area (Å²) in [4.78, 5) is 25.0. The largest absolute Gasteiger partial charge is 0.394 e. The predicted octanol–water partition coefficient (Wildman–Crippen LogP) is -3.88. The van der Waals surface area contributed by atoms with Crippen LogP contribution in [0.15, 0.2) is 17.1 Å². The predicted molar refractivity (Wildman–Crippen MR) is 90.3 cm³/mol. The zero-order valence-electron chi connectivity index (χ0n) is 14.4. The van der Waals surface area contributed by atoms with Gasteiger partial charge in [0.25, 0.3) is 0 Å². The maximum atomic E-state index is 11.5. The summed E-state index contributed by atoms with van der Waals surface area (Å²) >= 11 is 0. The van der Waals surface area contributed by atoms with Crippen LogP contribution in [-0.4, -0.2) is 90.2 Å². The lowest BCUT2D eigenvalue weighted by molar-refractivity contribution is -0.136. The Bertz CT molecular complexity index is 641. The van der Waals surface area contributed by atoms with Gasteiger partial charge >= 0.3 is 5.69 Å². The van der Waals surface area contributed by atoms with Crippen LogP contribution < -0.4 is 11.4 Å². The molecule has 154 valence electrons. The molecule has 8 N–H and O–H groups in total. The Morgan fingerprint density at radius 1 is 1.26 bits per heavy atom. The zero-order valence-corrected chi connectivity index (χ0v) is 14.4. The smallest absolute Gasteiger partial charge is 0.351 e. The standard InChI is InChI=1S/C9H13N3O3.C6H12O6/c10-7-3-4-12(9(14)11-7)8-2-1-6(5-13)15-8;7-1-3(9)5(11)6(12)4(10)2-8/h3-4,6,8,13H,1-2,5H2,(H2,10,11,14);1,3-6,8-12H,2H2/t6-,8+;3-,4+,5+,6+/m00/s1. The fourth-order valence-corrected chi connectivity index (χ4v) is 2.29. The number of nitrogens with zero attached hydrogens (tertiary/aromatic N) is 2. The zero-order chi connectivity index (χ0) is 20.6. The number of aldehydes is 1. The summed E-state index contributed by atoms with van der Waals surface area (Å²) in [5.41, 5.74) is 4.96. The molecule has 6 atom stereocenters. The fourth-order valence-electron chi connectivity index (χ4n) is 2.29. The summed E-state index contributed by atoms with van der Waals surface area (Å²) in [5.74, 6) is 0.202. The summed E-state index contributed by atoms with van der Waals surface area (Å²) in [5, 5.41) is 52.4. The fraction of sp³-hybridized carbons (Fsp3) is 0.667. The van der Waals surface area contributed by atoms with Gasteiger partial charge in [0.2, 0.25) is 0 Å². The number of hydrogen-bond acceptors (Lipinski definition) is 11. The topological polar surface area (TPSA) is 209 Å². The van der Waals surface area contributed by atoms with Gasteiger partial charge in [0.15, 0.2) is 6.29 Å². The third kappa shape index (κ3) is 6.62. The highest BCUT2D eigenvalue weighted by Crippen LogP contribution is 2.26. The number of carbonyl (C=O) groups is 1. The molecule has 1 saturated heterocycles. The number of nitrogens with two attached hydrogens (primary N) is 1. The van der Waals surface area contributed by atoms with Gasteiger partial charge in [-0.25, -0.2) is 4.79 Å². The molecule has 1 aliphatic heterocycles. The second-order valence-electron chi connectivity index (χ2n) is 5.87. The molecule has 0 unspecified atom stereocenters. The molecule has 1 aromatic heterocycles. The minimum Gasteiger partial charge on any atom is -0.394 e. The average Bonchev–Trinajstić information content (AvgIpc) is 3.14. The van der Waals surface area contributed by atoms with Crippen molar-refractivity contribution in [3.63, 3.8) is 0 Å². The van der Waals surface area contributed by atoms with E-state index in [-0.39, 0.29) is 31.0 Å². The second kappa shape index (κ2) is 11.0. The van der Waals surface area contributed by atoms with Crippen LogP contribution in [-0.2, 0) is 9.53 Å². The van der Waals surface area contributed by atoms with Crippen molar-refractivity contribution in [1.29, 1.82) is 0 Å². The third-order valence-corrected chi connectivity index (χ3v) is 3.87. The van der Waals surface area contributed by atoms with E-state index in [0.29, 0.717) is 6.42 Å². The molecule has 1 aromatic rings. The number of hydrogen-bond donors (Lipinski definition) is 7. The second-order valence-corrected chi connectivity index (χ2v) is 5.87. The van der Waals surface area contributed by atoms with Gasteiger partial charge in [0.05, 0.1) is 19.3 Å². The first kappa shape index (κ1) is 23.1. The van der Waals surface area contributed by atoms with E-state index in [2.05, 4.69) is 4.98 Å². The number of carbonyl (C=O) groups excluding carboxylic acids is 1. The van der Waals surface area contributed by atoms with E-state index >= 15 is 0 Å². The average molecular weight is 391 g/mol. The lowest BCUT2D eigenvalue weighted by Gasteiger charge is -2.22. The van der Waals surface area contributed by atoms with Crippen molar-refractivity contribution in [2.24, 2.45) is 0 Å². The minimum absolute atomic E-state index is 0.0202. The molecular formula is C15H25N3O9. The van der Waals surface area contributed by atoms with Gasteiger partial charge in [-0.05, 0) is 18.9 Å². The van der Waals surface area contributed by atoms with Crippen molar-refractivity contribution in [1.82, 2.24) is 9.55 Å². The Labute approximate surface area is 154 Å². The summed E-state index contributed by atoms with van der Waals surface area (Å²) < 4.78 is 6.84. The first-order valence-electron chi connectivity index (χ1n) is 8.14. The molecule has 0 aromatic carbocycles. The molecule has 0 saturated carbocycles. The number of aromatic nitrogens is 2. The Kier molecular flexibility index (Phi) is 9.45. The maximum Gasteiger partial charge on any atom is 0.351 e. The molecule has 0 bridgehead atoms. The molecule has 12 nitrogen and oxygen atoms in total. The highest BCUT2D eigenvalue weighted by molar-refractivity contribution is 5.56. The summed E-state index contributed by atoms with van der Waals surface area (Å²) in [6.45, 7) is -0.780. The van der Waals surface area contributed by atoms with E-state index < -0.39 is 36.7 Å². The molecule has 12 heteroatoms. The van der Waals surface area contributed by atoms with E-state index in [9.17, 15) is 9.59 Å². The Morgan fingerprint density at radius 2 is 1.93 bits per heavy atom. The van der Waals surface area contributed by atoms with Crippen LogP contribution in [0.25, 0.3) is 0 Å². The van der Waals surface area contributed by atoms with Crippen LogP contribution >= 0.6 is 0 Å². The molecule has 0 aliphatic carbocycles. The SMILES string of the molecule is Nc1ccn([C@H]2CC[C@@H](CO)O2)c(=O)n1.O=C[C@H](O)[C@@H](O)[C@H](O)[C@H](O)CO. The summed E-state index contributed by atoms with van der Waals surface area (Å²) in [6.07, 6.45) is -4.33. The van der Waals surface area contributed by atoms with Crippen molar-refractivity contribution < 1.29 is 40.2 Å². The monoisotopic (exact) mass is 391 g/mol. The van der Waals surface area contributed by atoms with Gasteiger partial charge < -0.3 is 45.9 Å². The Hall–Kier alpha value is -1.93. The molecule has 0 spiro atoms. The lowest BCUT2D eigenvalue weighted by atomic mass is 10.0. The molecular weight excluding hydrogens is 366 g/mol. The van der Waals surface area contributed by atoms with Gasteiger partial charge in [-0.15, -0.1) is 0 Å². The minimum atomic E-state index is -1.79. The first-order valence-corrected chi connectivity index (χ1v) is 8.14. The molecule has 2 rings (SSSR count). The Morgan fingerprint density at radius 3 is 2.41 bits per heavy atom. The van der Waals surface area contributed by atoms with Gasteiger partial charge in [0, 0.05) is 6.20 Å². The number of ether oxygens (including phenoxy) is 1. The summed E-state index contributed by atoms with van der Waals surface area (Å²) in [6, 6.07) is 1.55. The van der Waals surface area contributed by atoms with Crippen molar-refractivity contribution in [3.8, 4) is 0 Å². The number of nitrogen functional groups attached to an aromatic ring is 1. The molecule has 1 fully saturated rings. The summed E-state index contributed by atoms with van der Waals surface area (Å²) in [7, 11) is 0. The van der Waals surface area contributed by atoms with E-state index in [1.807, 2.05) is 0 Å². The number of aliphatic hydroxyl groups excluding tert-OH is 6. The molecule has 0 amide bonds. The lowest BCUT2D eigenvalue weighted by Crippen LogP contribution is -2.46. The quantitative estimate of drug-likeness (QED) is 0.223. The van der Waals surface area contributed by atoms with Crippen LogP contribution in [0.4, 0.5) is 5.82 Å². The van der Waals surface area contributed by atoms with Gasteiger partial charge in [-0.3, -0.25) is 4.57 Å². The van der Waals surface area contributed by atoms with Crippen molar-refractivity contribution >= 4 is 12.1 Å². The van der Waals surface area contributed by atoms with E-state index in [1.54, 1.807) is 12.3 Å². The normalized spacial score (nSPS) is 23.6. The van der Waals surface area contributed by atoms with Crippen LogP contribution in [0, 0.1) is 0 Å². The Balaban J connectivity index is 0.000000279. The van der Waals surface area contributed by atoms with E-state index in [1.165, 1.54) is 4.57 Å². The maximum absolute atomic E-state index is 11.5. The highest BCUT2D eigenvalue weighted by Gasteiger charge is 2.29. The number of aliphatic hydroxyl groups is 6. The van der Waals surface area contributed by atoms with Crippen LogP contribution in [0.3, 0.4) is 0 Å². The highest BCUT2D eigenvalue weighted by atomic mass is 16.5. The number of anilines is 1. The van der Waals surface area contributed by atoms with Gasteiger partial charge in [0.1, 0.15) is 36.5 Å². The number of rotatable bonds is 7. The molecule has 27 heavy (non-hydrogen) atoms. The molecule has 2 heterocycles. The van der Waals surface area contributed by atoms with Crippen molar-refractivity contribution in [2.75, 3.05) is 18.9 Å². The molecule has 1 aliphatic rings. The first-order chi connectivity index (χ1) is 12.7. The van der Waals surface area contributed by atoms with Crippen LogP contribution in [0.5, 0.6) is 0 Å². The van der Waals surface area contributed by atoms with Gasteiger partial charge in [-0.1, -0.05) is 0 Å². The van der Waals surface area contributed by atoms with Crippen molar-refractivity contribution in [2.45, 2.75) is 49.6 Å². The van der Waals surface area contributed by atoms with Crippen molar-refractivity contribution in [3.05, 3.63) is 22.7 Å².